The molecule has 0 radical (unpaired) electrons. The zero-order valence-electron chi connectivity index (χ0n) is 18.5. The van der Waals surface area contributed by atoms with Crippen molar-refractivity contribution in [1.29, 1.82) is 0 Å². The summed E-state index contributed by atoms with van der Waals surface area (Å²) in [5.74, 6) is -1.11. The van der Waals surface area contributed by atoms with Crippen molar-refractivity contribution >= 4 is 29.9 Å². The topological polar surface area (TPSA) is 148 Å². The number of nitrogens with two attached hydrogens (primary N) is 1. The van der Waals surface area contributed by atoms with E-state index in [1.54, 1.807) is 6.07 Å². The number of aromatic nitrogens is 1. The van der Waals surface area contributed by atoms with Gasteiger partial charge in [-0.3, -0.25) is 0 Å². The summed E-state index contributed by atoms with van der Waals surface area (Å²) in [7, 11) is -11.3. The van der Waals surface area contributed by atoms with Crippen molar-refractivity contribution in [2.24, 2.45) is 5.73 Å². The highest BCUT2D eigenvalue weighted by Gasteiger charge is 2.45. The molecule has 2 fully saturated rings. The molecule has 3 heterocycles. The minimum atomic E-state index is -4.07. The van der Waals surface area contributed by atoms with Crippen molar-refractivity contribution in [3.05, 3.63) is 59.8 Å². The van der Waals surface area contributed by atoms with E-state index in [-0.39, 0.29) is 48.6 Å². The highest BCUT2D eigenvalue weighted by Crippen LogP contribution is 2.36. The Kier molecular flexibility index (Phi) is 7.14. The summed E-state index contributed by atoms with van der Waals surface area (Å²) in [6.45, 7) is -0.0115. The molecule has 13 heteroatoms. The first-order chi connectivity index (χ1) is 16.0. The van der Waals surface area contributed by atoms with Gasteiger partial charge in [-0.1, -0.05) is 30.3 Å². The Hall–Kier alpha value is -1.90. The van der Waals surface area contributed by atoms with E-state index in [9.17, 15) is 25.3 Å². The minimum absolute atomic E-state index is 0.117. The van der Waals surface area contributed by atoms with Crippen LogP contribution in [0.25, 0.3) is 0 Å². The molecule has 2 aromatic rings. The fourth-order valence-electron chi connectivity index (χ4n) is 4.45. The Labute approximate surface area is 200 Å². The first-order valence-electron chi connectivity index (χ1n) is 10.9. The molecule has 2 saturated heterocycles. The zero-order chi connectivity index (χ0) is 24.6. The molecule has 186 valence electrons. The molecule has 10 nitrogen and oxygen atoms in total. The molecule has 1 aromatic carbocycles. The lowest BCUT2D eigenvalue weighted by molar-refractivity contribution is 0.341. The second-order valence-corrected chi connectivity index (χ2v) is 14.8. The molecule has 0 aliphatic carbocycles. The quantitative estimate of drug-likeness (QED) is 0.534. The molecular weight excluding hydrogens is 500 g/mol. The van der Waals surface area contributed by atoms with Crippen LogP contribution in [0.4, 0.5) is 0 Å². The third kappa shape index (κ3) is 5.34. The van der Waals surface area contributed by atoms with Gasteiger partial charge in [-0.15, -0.1) is 0 Å². The lowest BCUT2D eigenvalue weighted by Crippen LogP contribution is -2.52. The number of rotatable bonds is 7. The van der Waals surface area contributed by atoms with Crippen LogP contribution in [0.2, 0.25) is 0 Å². The largest absolute Gasteiger partial charge is 0.326 e. The van der Waals surface area contributed by atoms with Gasteiger partial charge in [0.2, 0.25) is 0 Å². The van der Waals surface area contributed by atoms with E-state index in [2.05, 4.69) is 4.98 Å². The third-order valence-electron chi connectivity index (χ3n) is 6.33. The smallest absolute Gasteiger partial charge is 0.282 e. The van der Waals surface area contributed by atoms with Gasteiger partial charge in [0, 0.05) is 38.4 Å². The predicted molar refractivity (Wildman–Crippen MR) is 128 cm³/mol. The number of pyridine rings is 1. The molecule has 0 amide bonds. The van der Waals surface area contributed by atoms with Gasteiger partial charge in [0.05, 0.1) is 17.3 Å². The number of hydrogen-bond donors (Lipinski definition) is 1. The summed E-state index contributed by atoms with van der Waals surface area (Å²) in [5.41, 5.74) is 7.17. The van der Waals surface area contributed by atoms with E-state index in [4.69, 9.17) is 5.73 Å². The van der Waals surface area contributed by atoms with Crippen LogP contribution in [-0.2, 0) is 36.4 Å². The standard InChI is InChI=1S/C21H28N4O6S3/c22-14-17-6-7-23-21(12-17)33(28,29)16-20-13-19(18-4-2-1-3-5-18)15-25(20)34(30,31)24-8-10-32(26,27)11-9-24/h1-7,12,19-20H,8-11,13-16,22H2. The van der Waals surface area contributed by atoms with Crippen LogP contribution in [0.3, 0.4) is 0 Å². The average Bonchev–Trinajstić information content (AvgIpc) is 3.23. The number of nitrogens with zero attached hydrogens (tertiary/aromatic N) is 3. The van der Waals surface area contributed by atoms with Crippen molar-refractivity contribution in [3.63, 3.8) is 0 Å². The molecule has 2 N–H and O–H groups in total. The molecule has 2 aliphatic rings. The maximum atomic E-state index is 13.5. The van der Waals surface area contributed by atoms with Crippen LogP contribution in [0.5, 0.6) is 0 Å². The van der Waals surface area contributed by atoms with Crippen LogP contribution < -0.4 is 5.73 Å². The second kappa shape index (κ2) is 9.63. The third-order valence-corrected chi connectivity index (χ3v) is 11.7. The lowest BCUT2D eigenvalue weighted by atomic mass is 9.97. The number of hydrogen-bond acceptors (Lipinski definition) is 8. The Morgan fingerprint density at radius 2 is 1.71 bits per heavy atom. The molecule has 2 atom stereocenters. The summed E-state index contributed by atoms with van der Waals surface area (Å²) in [6, 6.07) is 11.6. The molecule has 34 heavy (non-hydrogen) atoms. The first-order valence-corrected chi connectivity index (χ1v) is 15.8. The van der Waals surface area contributed by atoms with E-state index in [1.165, 1.54) is 16.6 Å². The molecule has 1 aromatic heterocycles. The van der Waals surface area contributed by atoms with Gasteiger partial charge in [0.15, 0.2) is 24.7 Å². The van der Waals surface area contributed by atoms with E-state index in [1.807, 2.05) is 30.3 Å². The van der Waals surface area contributed by atoms with Crippen molar-refractivity contribution in [2.45, 2.75) is 30.0 Å². The molecule has 2 aliphatic heterocycles. The van der Waals surface area contributed by atoms with Crippen molar-refractivity contribution < 1.29 is 25.3 Å². The van der Waals surface area contributed by atoms with Gasteiger partial charge < -0.3 is 5.73 Å². The highest BCUT2D eigenvalue weighted by atomic mass is 32.2. The Morgan fingerprint density at radius 3 is 2.35 bits per heavy atom. The minimum Gasteiger partial charge on any atom is -0.326 e. The number of sulfone groups is 2. The van der Waals surface area contributed by atoms with E-state index in [0.717, 1.165) is 9.87 Å². The molecule has 0 bridgehead atoms. The average molecular weight is 529 g/mol. The second-order valence-electron chi connectivity index (χ2n) is 8.61. The van der Waals surface area contributed by atoms with Gasteiger partial charge in [0.1, 0.15) is 0 Å². The predicted octanol–water partition coefficient (Wildman–Crippen LogP) is 0.147. The fraction of sp³-hybridized carbons (Fsp3) is 0.476. The molecule has 2 unspecified atom stereocenters. The van der Waals surface area contributed by atoms with Crippen LogP contribution in [0.15, 0.2) is 53.7 Å². The van der Waals surface area contributed by atoms with Crippen LogP contribution in [0, 0.1) is 0 Å². The van der Waals surface area contributed by atoms with Gasteiger partial charge in [-0.2, -0.15) is 17.0 Å². The molecular formula is C21H28N4O6S3. The van der Waals surface area contributed by atoms with Crippen molar-refractivity contribution in [2.75, 3.05) is 36.9 Å². The molecule has 4 rings (SSSR count). The Balaban J connectivity index is 1.65. The van der Waals surface area contributed by atoms with Crippen molar-refractivity contribution in [3.8, 4) is 0 Å². The van der Waals surface area contributed by atoms with Gasteiger partial charge >= 0.3 is 0 Å². The van der Waals surface area contributed by atoms with E-state index < -0.39 is 41.7 Å². The Bertz CT molecular complexity index is 1330. The van der Waals surface area contributed by atoms with Gasteiger partial charge in [-0.25, -0.2) is 21.8 Å². The number of benzene rings is 1. The maximum Gasteiger partial charge on any atom is 0.282 e. The summed E-state index contributed by atoms with van der Waals surface area (Å²) < 4.78 is 79.5. The summed E-state index contributed by atoms with van der Waals surface area (Å²) >= 11 is 0. The lowest BCUT2D eigenvalue weighted by Gasteiger charge is -2.32. The Morgan fingerprint density at radius 1 is 1.03 bits per heavy atom. The molecule has 0 saturated carbocycles. The monoisotopic (exact) mass is 528 g/mol. The van der Waals surface area contributed by atoms with Gasteiger partial charge in [-0.05, 0) is 35.6 Å². The highest BCUT2D eigenvalue weighted by molar-refractivity contribution is 7.92. The van der Waals surface area contributed by atoms with Crippen LogP contribution in [-0.4, -0.2) is 81.8 Å². The zero-order valence-corrected chi connectivity index (χ0v) is 21.0. The van der Waals surface area contributed by atoms with Crippen molar-refractivity contribution in [1.82, 2.24) is 13.6 Å². The first kappa shape index (κ1) is 25.2. The molecule has 0 spiro atoms. The summed E-state index contributed by atoms with van der Waals surface area (Å²) in [6.07, 6.45) is 1.70. The van der Waals surface area contributed by atoms with Crippen LogP contribution in [0.1, 0.15) is 23.5 Å². The maximum absolute atomic E-state index is 13.5. The van der Waals surface area contributed by atoms with Crippen LogP contribution >= 0.6 is 0 Å². The van der Waals surface area contributed by atoms with Gasteiger partial charge in [0.25, 0.3) is 10.2 Å². The van der Waals surface area contributed by atoms with E-state index in [0.29, 0.717) is 12.0 Å². The SMILES string of the molecule is NCc1ccnc(S(=O)(=O)CC2CC(c3ccccc3)CN2S(=O)(=O)N2CCS(=O)(=O)CC2)c1. The van der Waals surface area contributed by atoms with E-state index >= 15 is 0 Å². The normalized spacial score (nSPS) is 24.3. The summed E-state index contributed by atoms with van der Waals surface area (Å²) in [4.78, 5) is 3.98. The summed E-state index contributed by atoms with van der Waals surface area (Å²) in [5, 5.41) is -0.139. The fourth-order valence-corrected chi connectivity index (χ4v) is 9.37.